The number of benzene rings is 1. The van der Waals surface area contributed by atoms with Gasteiger partial charge in [0.1, 0.15) is 5.15 Å². The van der Waals surface area contributed by atoms with Crippen LogP contribution >= 0.6 is 11.6 Å². The standard InChI is InChI=1S/C21H27ClN4O2/c1-5-23-19(27)14-25(6-2)20(28)12-11-18-16(4)24-26(21(18)22)13-17-9-7-15(3)8-10-17/h7-12H,5-6,13-14H2,1-4H3,(H,23,27)/b12-11+. The molecule has 7 heteroatoms. The van der Waals surface area contributed by atoms with Gasteiger partial charge in [0.05, 0.1) is 18.8 Å². The van der Waals surface area contributed by atoms with E-state index in [9.17, 15) is 9.59 Å². The van der Waals surface area contributed by atoms with E-state index >= 15 is 0 Å². The van der Waals surface area contributed by atoms with Gasteiger partial charge in [0.25, 0.3) is 0 Å². The summed E-state index contributed by atoms with van der Waals surface area (Å²) in [5.74, 6) is -0.415. The minimum atomic E-state index is -0.240. The number of nitrogens with one attached hydrogen (secondary N) is 1. The van der Waals surface area contributed by atoms with Crippen LogP contribution in [0.3, 0.4) is 0 Å². The average molecular weight is 403 g/mol. The molecule has 1 N–H and O–H groups in total. The minimum absolute atomic E-state index is 0.0346. The van der Waals surface area contributed by atoms with Gasteiger partial charge in [-0.05, 0) is 39.3 Å². The lowest BCUT2D eigenvalue weighted by Gasteiger charge is -2.18. The number of carbonyl (C=O) groups is 2. The lowest BCUT2D eigenvalue weighted by atomic mass is 10.1. The summed E-state index contributed by atoms with van der Waals surface area (Å²) >= 11 is 6.49. The third kappa shape index (κ3) is 5.70. The molecule has 2 amide bonds. The minimum Gasteiger partial charge on any atom is -0.355 e. The number of hydrogen-bond donors (Lipinski definition) is 1. The van der Waals surface area contributed by atoms with Gasteiger partial charge in [-0.2, -0.15) is 5.10 Å². The van der Waals surface area contributed by atoms with Crippen LogP contribution in [-0.2, 0) is 16.1 Å². The van der Waals surface area contributed by atoms with Crippen LogP contribution in [-0.4, -0.2) is 46.1 Å². The summed E-state index contributed by atoms with van der Waals surface area (Å²) < 4.78 is 1.72. The molecule has 28 heavy (non-hydrogen) atoms. The van der Waals surface area contributed by atoms with Crippen LogP contribution in [0.4, 0.5) is 0 Å². The molecule has 0 saturated carbocycles. The van der Waals surface area contributed by atoms with Crippen LogP contribution in [0.1, 0.15) is 36.2 Å². The first-order chi connectivity index (χ1) is 13.3. The molecule has 0 fully saturated rings. The van der Waals surface area contributed by atoms with E-state index < -0.39 is 0 Å². The lowest BCUT2D eigenvalue weighted by Crippen LogP contribution is -2.39. The van der Waals surface area contributed by atoms with Crippen LogP contribution in [0, 0.1) is 13.8 Å². The molecule has 6 nitrogen and oxygen atoms in total. The number of hydrogen-bond acceptors (Lipinski definition) is 3. The first-order valence-corrected chi connectivity index (χ1v) is 9.75. The molecule has 0 spiro atoms. The molecule has 2 aromatic rings. The van der Waals surface area contributed by atoms with Crippen molar-refractivity contribution in [3.05, 3.63) is 57.9 Å². The zero-order chi connectivity index (χ0) is 20.7. The number of carbonyl (C=O) groups excluding carboxylic acids is 2. The maximum atomic E-state index is 12.4. The molecule has 1 aromatic carbocycles. The van der Waals surface area contributed by atoms with Gasteiger partial charge in [0.2, 0.25) is 11.8 Å². The van der Waals surface area contributed by atoms with Crippen molar-refractivity contribution in [2.24, 2.45) is 0 Å². The van der Waals surface area contributed by atoms with Gasteiger partial charge in [0, 0.05) is 24.7 Å². The number of likely N-dealkylation sites (N-methyl/N-ethyl adjacent to an activating group) is 2. The van der Waals surface area contributed by atoms with Gasteiger partial charge in [-0.15, -0.1) is 0 Å². The Bertz CT molecular complexity index is 856. The number of halogens is 1. The SMILES string of the molecule is CCNC(=O)CN(CC)C(=O)/C=C/c1c(C)nn(Cc2ccc(C)cc2)c1Cl. The van der Waals surface area contributed by atoms with Gasteiger partial charge in [-0.3, -0.25) is 9.59 Å². The molecule has 2 rings (SSSR count). The summed E-state index contributed by atoms with van der Waals surface area (Å²) in [6.45, 7) is 9.15. The maximum Gasteiger partial charge on any atom is 0.247 e. The molecule has 0 aliphatic carbocycles. The molecule has 0 radical (unpaired) electrons. The highest BCUT2D eigenvalue weighted by Crippen LogP contribution is 2.22. The van der Waals surface area contributed by atoms with Gasteiger partial charge in [0.15, 0.2) is 0 Å². The third-order valence-corrected chi connectivity index (χ3v) is 4.76. The molecule has 1 aromatic heterocycles. The first kappa shape index (κ1) is 21.7. The van der Waals surface area contributed by atoms with E-state index in [4.69, 9.17) is 11.6 Å². The van der Waals surface area contributed by atoms with Crippen molar-refractivity contribution in [2.45, 2.75) is 34.2 Å². The van der Waals surface area contributed by atoms with Crippen molar-refractivity contribution in [2.75, 3.05) is 19.6 Å². The topological polar surface area (TPSA) is 67.2 Å². The molecular formula is C21H27ClN4O2. The van der Waals surface area contributed by atoms with E-state index in [1.54, 1.807) is 10.8 Å². The van der Waals surface area contributed by atoms with Gasteiger partial charge in [-0.1, -0.05) is 41.4 Å². The summed E-state index contributed by atoms with van der Waals surface area (Å²) in [5.41, 5.74) is 3.74. The Morgan fingerprint density at radius 2 is 1.89 bits per heavy atom. The van der Waals surface area contributed by atoms with Crippen LogP contribution < -0.4 is 5.32 Å². The number of amides is 2. The second-order valence-corrected chi connectivity index (χ2v) is 6.93. The van der Waals surface area contributed by atoms with Crippen molar-refractivity contribution in [3.63, 3.8) is 0 Å². The zero-order valence-electron chi connectivity index (χ0n) is 16.8. The van der Waals surface area contributed by atoms with Crippen LogP contribution in [0.5, 0.6) is 0 Å². The van der Waals surface area contributed by atoms with Crippen molar-refractivity contribution < 1.29 is 9.59 Å². The molecule has 0 unspecified atom stereocenters. The normalized spacial score (nSPS) is 11.0. The Morgan fingerprint density at radius 1 is 1.21 bits per heavy atom. The molecule has 0 bridgehead atoms. The number of nitrogens with zero attached hydrogens (tertiary/aromatic N) is 3. The fraction of sp³-hybridized carbons (Fsp3) is 0.381. The quantitative estimate of drug-likeness (QED) is 0.689. The van der Waals surface area contributed by atoms with E-state index in [-0.39, 0.29) is 18.4 Å². The number of aryl methyl sites for hydroxylation is 2. The first-order valence-electron chi connectivity index (χ1n) is 9.37. The molecule has 0 aliphatic heterocycles. The second kappa shape index (κ2) is 10.1. The molecule has 0 atom stereocenters. The predicted molar refractivity (Wildman–Crippen MR) is 112 cm³/mol. The summed E-state index contributed by atoms with van der Waals surface area (Å²) in [7, 11) is 0. The third-order valence-electron chi connectivity index (χ3n) is 4.36. The van der Waals surface area contributed by atoms with Gasteiger partial charge < -0.3 is 10.2 Å². The largest absolute Gasteiger partial charge is 0.355 e. The van der Waals surface area contributed by atoms with Crippen molar-refractivity contribution >= 4 is 29.5 Å². The molecular weight excluding hydrogens is 376 g/mol. The van der Waals surface area contributed by atoms with E-state index in [1.807, 2.05) is 52.0 Å². The predicted octanol–water partition coefficient (Wildman–Crippen LogP) is 3.20. The average Bonchev–Trinajstić information content (AvgIpc) is 2.93. The maximum absolute atomic E-state index is 12.4. The fourth-order valence-corrected chi connectivity index (χ4v) is 3.06. The molecule has 0 aliphatic rings. The van der Waals surface area contributed by atoms with E-state index in [0.717, 1.165) is 11.3 Å². The smallest absolute Gasteiger partial charge is 0.247 e. The van der Waals surface area contributed by atoms with Crippen LogP contribution in [0.15, 0.2) is 30.3 Å². The number of rotatable bonds is 8. The number of aromatic nitrogens is 2. The Balaban J connectivity index is 2.12. The molecule has 150 valence electrons. The van der Waals surface area contributed by atoms with Crippen molar-refractivity contribution in [1.29, 1.82) is 0 Å². The van der Waals surface area contributed by atoms with Crippen molar-refractivity contribution in [1.82, 2.24) is 20.0 Å². The van der Waals surface area contributed by atoms with E-state index in [1.165, 1.54) is 16.5 Å². The fourth-order valence-electron chi connectivity index (χ4n) is 2.76. The molecule has 1 heterocycles. The Kier molecular flexibility index (Phi) is 7.81. The Labute approximate surface area is 171 Å². The second-order valence-electron chi connectivity index (χ2n) is 6.57. The zero-order valence-corrected chi connectivity index (χ0v) is 17.6. The summed E-state index contributed by atoms with van der Waals surface area (Å²) in [6.07, 6.45) is 3.11. The van der Waals surface area contributed by atoms with Gasteiger partial charge >= 0.3 is 0 Å². The monoisotopic (exact) mass is 402 g/mol. The van der Waals surface area contributed by atoms with Gasteiger partial charge in [-0.25, -0.2) is 4.68 Å². The highest BCUT2D eigenvalue weighted by Gasteiger charge is 2.15. The van der Waals surface area contributed by atoms with Crippen molar-refractivity contribution in [3.8, 4) is 0 Å². The summed E-state index contributed by atoms with van der Waals surface area (Å²) in [4.78, 5) is 25.6. The van der Waals surface area contributed by atoms with E-state index in [2.05, 4.69) is 10.4 Å². The highest BCUT2D eigenvalue weighted by molar-refractivity contribution is 6.31. The summed E-state index contributed by atoms with van der Waals surface area (Å²) in [6, 6.07) is 8.19. The van der Waals surface area contributed by atoms with Crippen LogP contribution in [0.2, 0.25) is 5.15 Å². The van der Waals surface area contributed by atoms with E-state index in [0.29, 0.717) is 30.4 Å². The Morgan fingerprint density at radius 3 is 2.50 bits per heavy atom. The summed E-state index contributed by atoms with van der Waals surface area (Å²) in [5, 5.41) is 7.66. The highest BCUT2D eigenvalue weighted by atomic mass is 35.5. The lowest BCUT2D eigenvalue weighted by molar-refractivity contribution is -0.132. The molecule has 0 saturated heterocycles. The Hall–Kier alpha value is -2.60. The van der Waals surface area contributed by atoms with Crippen LogP contribution in [0.25, 0.3) is 6.08 Å².